The lowest BCUT2D eigenvalue weighted by Crippen LogP contribution is -2.34. The predicted octanol–water partition coefficient (Wildman–Crippen LogP) is 3.27. The van der Waals surface area contributed by atoms with Gasteiger partial charge in [0.15, 0.2) is 0 Å². The van der Waals surface area contributed by atoms with E-state index in [-0.39, 0.29) is 0 Å². The summed E-state index contributed by atoms with van der Waals surface area (Å²) in [5, 5.41) is 1.76. The highest BCUT2D eigenvalue weighted by molar-refractivity contribution is 6.78. The van der Waals surface area contributed by atoms with Gasteiger partial charge in [0, 0.05) is 6.61 Å². The van der Waals surface area contributed by atoms with Crippen LogP contribution in [0.1, 0.15) is 32.6 Å². The van der Waals surface area contributed by atoms with Crippen molar-refractivity contribution in [3.63, 3.8) is 0 Å². The van der Waals surface area contributed by atoms with Gasteiger partial charge in [-0.05, 0) is 51.6 Å². The number of rotatable bonds is 3. The van der Waals surface area contributed by atoms with Gasteiger partial charge >= 0.3 is 0 Å². The van der Waals surface area contributed by atoms with Gasteiger partial charge in [-0.1, -0.05) is 10.8 Å². The van der Waals surface area contributed by atoms with Crippen LogP contribution in [0.4, 0.5) is 0 Å². The molecule has 0 radical (unpaired) electrons. The van der Waals surface area contributed by atoms with Crippen molar-refractivity contribution in [2.75, 3.05) is 6.61 Å². The molecule has 2 heteroatoms. The lowest BCUT2D eigenvalue weighted by atomic mass is 10.1. The summed E-state index contributed by atoms with van der Waals surface area (Å²) in [6.45, 7) is 7.73. The Morgan fingerprint density at radius 1 is 1.38 bits per heavy atom. The van der Waals surface area contributed by atoms with Gasteiger partial charge in [0.1, 0.15) is 0 Å². The minimum absolute atomic E-state index is 0.890. The molecule has 0 heterocycles. The summed E-state index contributed by atoms with van der Waals surface area (Å²) in [5.41, 5.74) is 1.77. The van der Waals surface area contributed by atoms with Crippen LogP contribution in [0.15, 0.2) is 10.8 Å². The molecule has 0 aromatic carbocycles. The topological polar surface area (TPSA) is 9.23 Å². The van der Waals surface area contributed by atoms with Crippen molar-refractivity contribution < 1.29 is 4.43 Å². The molecular formula is C11H20OSi. The van der Waals surface area contributed by atoms with E-state index in [2.05, 4.69) is 20.0 Å². The molecule has 0 amide bonds. The Morgan fingerprint density at radius 2 is 2.15 bits per heavy atom. The van der Waals surface area contributed by atoms with Gasteiger partial charge in [0.05, 0.1) is 0 Å². The summed E-state index contributed by atoms with van der Waals surface area (Å²) in [4.78, 5) is 0. The van der Waals surface area contributed by atoms with Crippen LogP contribution in [0.5, 0.6) is 0 Å². The zero-order chi connectivity index (χ0) is 9.47. The van der Waals surface area contributed by atoms with Gasteiger partial charge in [-0.2, -0.15) is 0 Å². The average molecular weight is 196 g/mol. The van der Waals surface area contributed by atoms with Gasteiger partial charge in [0.25, 0.3) is 0 Å². The van der Waals surface area contributed by atoms with Crippen molar-refractivity contribution in [2.24, 2.45) is 5.92 Å². The first kappa shape index (κ1) is 9.47. The second kappa shape index (κ2) is 3.25. The molecule has 1 nitrogen and oxygen atoms in total. The summed E-state index contributed by atoms with van der Waals surface area (Å²) >= 11 is 0. The smallest absolute Gasteiger partial charge is 0.214 e. The molecule has 13 heavy (non-hydrogen) atoms. The van der Waals surface area contributed by atoms with Crippen LogP contribution >= 0.6 is 0 Å². The molecule has 74 valence electrons. The third kappa shape index (κ3) is 1.62. The van der Waals surface area contributed by atoms with Gasteiger partial charge in [0.2, 0.25) is 8.32 Å². The number of hydrogen-bond donors (Lipinski definition) is 0. The molecule has 2 aliphatic rings. The van der Waals surface area contributed by atoms with Crippen molar-refractivity contribution in [1.82, 2.24) is 0 Å². The number of fused-ring (bicyclic) bond motifs is 2. The summed E-state index contributed by atoms with van der Waals surface area (Å²) in [7, 11) is -1.44. The molecule has 0 N–H and O–H groups in total. The summed E-state index contributed by atoms with van der Waals surface area (Å²) in [6.07, 6.45) is 5.60. The standard InChI is InChI=1S/C11H20OSi/c1-4-12-13(2,3)11-8-9-5-6-10(11)7-9/h9H,4-8H2,1-3H3. The second-order valence-corrected chi connectivity index (χ2v) is 8.75. The first-order valence-electron chi connectivity index (χ1n) is 5.49. The van der Waals surface area contributed by atoms with Crippen molar-refractivity contribution >= 4 is 8.32 Å². The van der Waals surface area contributed by atoms with Crippen LogP contribution in [0.3, 0.4) is 0 Å². The molecule has 0 aromatic heterocycles. The van der Waals surface area contributed by atoms with Crippen LogP contribution in [0, 0.1) is 5.92 Å². The van der Waals surface area contributed by atoms with E-state index in [0.29, 0.717) is 0 Å². The van der Waals surface area contributed by atoms with Crippen LogP contribution < -0.4 is 0 Å². The molecular weight excluding hydrogens is 176 g/mol. The predicted molar refractivity (Wildman–Crippen MR) is 58.1 cm³/mol. The first-order valence-corrected chi connectivity index (χ1v) is 8.39. The molecule has 0 saturated heterocycles. The van der Waals surface area contributed by atoms with Crippen molar-refractivity contribution in [3.05, 3.63) is 10.8 Å². The van der Waals surface area contributed by atoms with Crippen LogP contribution in [-0.2, 0) is 4.43 Å². The first-order chi connectivity index (χ1) is 6.13. The largest absolute Gasteiger partial charge is 0.414 e. The maximum absolute atomic E-state index is 5.95. The zero-order valence-electron chi connectivity index (χ0n) is 9.02. The van der Waals surface area contributed by atoms with E-state index in [0.717, 1.165) is 12.5 Å². The molecule has 1 unspecified atom stereocenters. The maximum Gasteiger partial charge on any atom is 0.214 e. The normalized spacial score (nSPS) is 27.5. The third-order valence-electron chi connectivity index (χ3n) is 3.54. The lowest BCUT2D eigenvalue weighted by molar-refractivity contribution is 0.333. The average Bonchev–Trinajstić information content (AvgIpc) is 2.63. The molecule has 2 aliphatic carbocycles. The van der Waals surface area contributed by atoms with E-state index >= 15 is 0 Å². The van der Waals surface area contributed by atoms with Crippen LogP contribution in [-0.4, -0.2) is 14.9 Å². The Kier molecular flexibility index (Phi) is 2.36. The Hall–Kier alpha value is -0.0831. The fourth-order valence-corrected chi connectivity index (χ4v) is 5.69. The highest BCUT2D eigenvalue weighted by Gasteiger charge is 2.39. The molecule has 0 aromatic rings. The van der Waals surface area contributed by atoms with Gasteiger partial charge in [-0.15, -0.1) is 0 Å². The quantitative estimate of drug-likeness (QED) is 0.630. The molecule has 1 atom stereocenters. The van der Waals surface area contributed by atoms with Gasteiger partial charge < -0.3 is 4.43 Å². The molecule has 0 aliphatic heterocycles. The minimum atomic E-state index is -1.44. The zero-order valence-corrected chi connectivity index (χ0v) is 10.0. The monoisotopic (exact) mass is 196 g/mol. The highest BCUT2D eigenvalue weighted by Crippen LogP contribution is 2.47. The Morgan fingerprint density at radius 3 is 2.62 bits per heavy atom. The van der Waals surface area contributed by atoms with E-state index in [9.17, 15) is 0 Å². The number of hydrogen-bond acceptors (Lipinski definition) is 1. The van der Waals surface area contributed by atoms with Crippen LogP contribution in [0.2, 0.25) is 13.1 Å². The van der Waals surface area contributed by atoms with E-state index in [4.69, 9.17) is 4.43 Å². The fraction of sp³-hybridized carbons (Fsp3) is 0.818. The maximum atomic E-state index is 5.95. The second-order valence-electron chi connectivity index (χ2n) is 4.84. The van der Waals surface area contributed by atoms with E-state index in [1.54, 1.807) is 10.8 Å². The van der Waals surface area contributed by atoms with Crippen LogP contribution in [0.25, 0.3) is 0 Å². The molecule has 2 bridgehead atoms. The molecule has 2 rings (SSSR count). The molecule has 1 saturated carbocycles. The molecule has 0 spiro atoms. The SMILES string of the molecule is CCO[Si](C)(C)C1=C2CCC(C2)C1. The Balaban J connectivity index is 2.16. The Labute approximate surface area is 82.3 Å². The van der Waals surface area contributed by atoms with E-state index in [1.165, 1.54) is 25.7 Å². The van der Waals surface area contributed by atoms with Crippen molar-refractivity contribution in [1.29, 1.82) is 0 Å². The Bertz CT molecular complexity index is 242. The highest BCUT2D eigenvalue weighted by atomic mass is 28.4. The third-order valence-corrected chi connectivity index (χ3v) is 6.56. The van der Waals surface area contributed by atoms with Gasteiger partial charge in [-0.3, -0.25) is 0 Å². The van der Waals surface area contributed by atoms with E-state index < -0.39 is 8.32 Å². The van der Waals surface area contributed by atoms with Crippen molar-refractivity contribution in [3.8, 4) is 0 Å². The summed E-state index contributed by atoms with van der Waals surface area (Å²) in [6, 6.07) is 0. The minimum Gasteiger partial charge on any atom is -0.414 e. The fourth-order valence-electron chi connectivity index (χ4n) is 2.93. The van der Waals surface area contributed by atoms with Crippen molar-refractivity contribution in [2.45, 2.75) is 45.7 Å². The number of allylic oxidation sites excluding steroid dienone is 2. The van der Waals surface area contributed by atoms with E-state index in [1.807, 2.05) is 0 Å². The lowest BCUT2D eigenvalue weighted by Gasteiger charge is -2.27. The molecule has 1 fully saturated rings. The van der Waals surface area contributed by atoms with Gasteiger partial charge in [-0.25, -0.2) is 0 Å². The summed E-state index contributed by atoms with van der Waals surface area (Å²) < 4.78 is 5.95. The summed E-state index contributed by atoms with van der Waals surface area (Å²) in [5.74, 6) is 0.997.